The number of aromatic nitrogens is 5. The Bertz CT molecular complexity index is 2960. The lowest BCUT2D eigenvalue weighted by Gasteiger charge is -2.36. The van der Waals surface area contributed by atoms with Gasteiger partial charge in [0.2, 0.25) is 29.6 Å². The van der Waals surface area contributed by atoms with Crippen molar-refractivity contribution in [3.05, 3.63) is 87.0 Å². The first kappa shape index (κ1) is 51.3. The summed E-state index contributed by atoms with van der Waals surface area (Å²) in [7, 11) is 0. The topological polar surface area (TPSA) is 225 Å². The molecule has 19 heteroatoms. The first-order chi connectivity index (χ1) is 34.5. The van der Waals surface area contributed by atoms with Gasteiger partial charge in [-0.25, -0.2) is 15.0 Å². The molecule has 72 heavy (non-hydrogen) atoms. The van der Waals surface area contributed by atoms with E-state index in [-0.39, 0.29) is 73.5 Å². The number of hydrogen-bond donors (Lipinski definition) is 4. The number of Topliss-reactive ketones (excluding diaryl/α,β-unsaturated/α-hetero) is 1. The number of anilines is 3. The van der Waals surface area contributed by atoms with Crippen LogP contribution in [0.3, 0.4) is 0 Å². The van der Waals surface area contributed by atoms with E-state index in [0.717, 1.165) is 53.1 Å². The summed E-state index contributed by atoms with van der Waals surface area (Å²) in [4.78, 5) is 105. The molecule has 0 spiro atoms. The Kier molecular flexibility index (Phi) is 15.8. The number of benzene rings is 1. The van der Waals surface area contributed by atoms with Gasteiger partial charge in [0, 0.05) is 76.2 Å². The summed E-state index contributed by atoms with van der Waals surface area (Å²) in [5, 5.41) is 20.2. The van der Waals surface area contributed by atoms with E-state index >= 15 is 0 Å². The molecule has 6 heterocycles. The van der Waals surface area contributed by atoms with Gasteiger partial charge in [-0.1, -0.05) is 63.8 Å². The van der Waals surface area contributed by atoms with Gasteiger partial charge in [-0.05, 0) is 67.9 Å². The van der Waals surface area contributed by atoms with Crippen molar-refractivity contribution < 1.29 is 29.1 Å². The average Bonchev–Trinajstić information content (AvgIpc) is 4.14. The van der Waals surface area contributed by atoms with Crippen molar-refractivity contribution in [2.45, 2.75) is 124 Å². The van der Waals surface area contributed by atoms with Crippen LogP contribution in [0.15, 0.2) is 59.1 Å². The van der Waals surface area contributed by atoms with Crippen molar-refractivity contribution in [3.63, 3.8) is 0 Å². The Morgan fingerprint density at radius 2 is 1.67 bits per heavy atom. The summed E-state index contributed by atoms with van der Waals surface area (Å²) in [5.41, 5.74) is 5.83. The van der Waals surface area contributed by atoms with Crippen LogP contribution in [0.1, 0.15) is 112 Å². The molecule has 4 amide bonds. The standard InChI is InChI=1S/C53H63N11O7S/c1-32-40-29-56-52(60-48(40)64(37-12-10-11-13-37)50(70)45(32)34(3)65)58-42-21-20-38(28-54-42)61-22-24-62(25-23-61)44(68)15-9-7-8-14-43(67)59-47(53(4,5)6)51(71)63-30-39(66)26-41(63)49(69)55-27-35-16-18-36(19-17-35)46-33(2)57-31-72-46/h16-21,28-29,31,37,39,41,47,66H,9-15,22-27,30H2,1-6H3,(H,55,69)(H,59,67)(H,54,56,58,60)/t39-,41+,47?/m1/s1. The SMILES string of the molecule is CC(=O)c1c(C)c2cnc(Nc3ccc(N4CCN(C(=O)CCC#CCC(=O)NC(C(=O)N5C[C@H](O)C[C@H]5C(=O)NCc5ccc(-c6scnc6C)cc5)C(C)(C)C)CC4)cn3)nc2n(C2CCCC2)c1=O. The molecule has 8 rings (SSSR count). The van der Waals surface area contributed by atoms with Crippen LogP contribution in [0.25, 0.3) is 21.5 Å². The van der Waals surface area contributed by atoms with E-state index in [2.05, 4.69) is 47.6 Å². The van der Waals surface area contributed by atoms with Gasteiger partial charge in [-0.2, -0.15) is 4.98 Å². The largest absolute Gasteiger partial charge is 0.391 e. The zero-order valence-corrected chi connectivity index (χ0v) is 42.6. The number of fused-ring (bicyclic) bond motifs is 1. The van der Waals surface area contributed by atoms with Crippen molar-refractivity contribution in [1.82, 2.24) is 44.9 Å². The number of nitrogens with one attached hydrogen (secondary N) is 3. The number of pyridine rings is 2. The molecule has 0 bridgehead atoms. The van der Waals surface area contributed by atoms with Crippen LogP contribution < -0.4 is 26.4 Å². The zero-order chi connectivity index (χ0) is 51.3. The number of thiazole rings is 1. The molecule has 3 fully saturated rings. The van der Waals surface area contributed by atoms with Crippen LogP contribution in [0, 0.1) is 31.1 Å². The van der Waals surface area contributed by atoms with Gasteiger partial charge in [0.25, 0.3) is 5.56 Å². The third kappa shape index (κ3) is 11.7. The Balaban J connectivity index is 0.782. The average molecular weight is 998 g/mol. The molecule has 0 radical (unpaired) electrons. The number of β-amino-alcohol motifs (C(OH)–C–C–N with tert-alkyl or cyclic N) is 1. The normalized spacial score (nSPS) is 17.6. The number of hydrogen-bond acceptors (Lipinski definition) is 14. The maximum absolute atomic E-state index is 14.0. The summed E-state index contributed by atoms with van der Waals surface area (Å²) in [5.74, 6) is 5.01. The Morgan fingerprint density at radius 3 is 2.32 bits per heavy atom. The second kappa shape index (κ2) is 22.2. The molecule has 3 aliphatic rings. The number of carbonyl (C=O) groups excluding carboxylic acids is 5. The second-order valence-electron chi connectivity index (χ2n) is 20.0. The lowest BCUT2D eigenvalue weighted by Crippen LogP contribution is -2.57. The molecule has 4 aromatic heterocycles. The number of aliphatic hydroxyl groups excluding tert-OH is 1. The third-order valence-electron chi connectivity index (χ3n) is 13.8. The molecule has 5 aromatic rings. The van der Waals surface area contributed by atoms with Gasteiger partial charge in [0.05, 0.1) is 46.1 Å². The maximum atomic E-state index is 14.0. The predicted molar refractivity (Wildman–Crippen MR) is 276 cm³/mol. The lowest BCUT2D eigenvalue weighted by molar-refractivity contribution is -0.143. The van der Waals surface area contributed by atoms with Gasteiger partial charge in [-0.15, -0.1) is 17.3 Å². The monoisotopic (exact) mass is 997 g/mol. The van der Waals surface area contributed by atoms with Crippen molar-refractivity contribution in [2.24, 2.45) is 5.41 Å². The summed E-state index contributed by atoms with van der Waals surface area (Å²) in [6.07, 6.45) is 6.62. The highest BCUT2D eigenvalue weighted by Crippen LogP contribution is 2.33. The second-order valence-corrected chi connectivity index (χ2v) is 20.8. The van der Waals surface area contributed by atoms with Gasteiger partial charge < -0.3 is 35.8 Å². The van der Waals surface area contributed by atoms with Crippen LogP contribution in [0.4, 0.5) is 17.5 Å². The number of amides is 4. The van der Waals surface area contributed by atoms with E-state index in [1.54, 1.807) is 35.2 Å². The minimum absolute atomic E-state index is 0.0270. The molecule has 1 unspecified atom stereocenters. The molecule has 2 aliphatic heterocycles. The lowest BCUT2D eigenvalue weighted by atomic mass is 9.85. The number of nitrogens with zero attached hydrogens (tertiary/aromatic N) is 8. The van der Waals surface area contributed by atoms with Gasteiger partial charge in [0.1, 0.15) is 23.5 Å². The van der Waals surface area contributed by atoms with Crippen molar-refractivity contribution in [2.75, 3.05) is 42.9 Å². The third-order valence-corrected chi connectivity index (χ3v) is 14.8. The summed E-state index contributed by atoms with van der Waals surface area (Å²) < 4.78 is 1.68. The molecule has 378 valence electrons. The van der Waals surface area contributed by atoms with E-state index in [1.165, 1.54) is 11.8 Å². The molecule has 18 nitrogen and oxygen atoms in total. The number of aliphatic hydroxyl groups is 1. The fourth-order valence-electron chi connectivity index (χ4n) is 9.84. The number of likely N-dealkylation sites (tertiary alicyclic amines) is 1. The summed E-state index contributed by atoms with van der Waals surface area (Å²) in [6.45, 7) is 13.1. The smallest absolute Gasteiger partial charge is 0.263 e. The number of ketones is 1. The number of piperazine rings is 1. The van der Waals surface area contributed by atoms with Gasteiger partial charge in [0.15, 0.2) is 5.78 Å². The van der Waals surface area contributed by atoms with Crippen LogP contribution in [0.5, 0.6) is 0 Å². The minimum atomic E-state index is -0.982. The van der Waals surface area contributed by atoms with E-state index in [0.29, 0.717) is 54.5 Å². The van der Waals surface area contributed by atoms with Gasteiger partial charge in [-0.3, -0.25) is 33.3 Å². The van der Waals surface area contributed by atoms with Crippen LogP contribution in [-0.4, -0.2) is 120 Å². The Morgan fingerprint density at radius 1 is 0.931 bits per heavy atom. The van der Waals surface area contributed by atoms with Crippen molar-refractivity contribution >= 4 is 69.2 Å². The van der Waals surface area contributed by atoms with E-state index < -0.39 is 35.4 Å². The number of aryl methyl sites for hydroxylation is 2. The molecule has 3 atom stereocenters. The zero-order valence-electron chi connectivity index (χ0n) is 41.8. The highest BCUT2D eigenvalue weighted by atomic mass is 32.1. The molecule has 4 N–H and O–H groups in total. The Labute approximate surface area is 423 Å². The van der Waals surface area contributed by atoms with E-state index in [1.807, 2.05) is 74.5 Å². The summed E-state index contributed by atoms with van der Waals surface area (Å²) in [6, 6.07) is 9.71. The molecule has 2 saturated heterocycles. The van der Waals surface area contributed by atoms with Crippen LogP contribution in [-0.2, 0) is 25.7 Å². The fourth-order valence-corrected chi connectivity index (χ4v) is 10.6. The maximum Gasteiger partial charge on any atom is 0.263 e. The summed E-state index contributed by atoms with van der Waals surface area (Å²) >= 11 is 1.57. The Hall–Kier alpha value is -7.04. The molecule has 1 aromatic carbocycles. The molecule has 1 saturated carbocycles. The van der Waals surface area contributed by atoms with Crippen molar-refractivity contribution in [3.8, 4) is 22.3 Å². The highest BCUT2D eigenvalue weighted by molar-refractivity contribution is 7.13. The van der Waals surface area contributed by atoms with E-state index in [4.69, 9.17) is 4.98 Å². The molecule has 1 aliphatic carbocycles. The molecular formula is C53H63N11O7S. The van der Waals surface area contributed by atoms with Gasteiger partial charge >= 0.3 is 0 Å². The number of rotatable bonds is 14. The number of carbonyl (C=O) groups is 5. The molecular weight excluding hydrogens is 935 g/mol. The fraction of sp³-hybridized carbons (Fsp3) is 0.472. The first-order valence-electron chi connectivity index (χ1n) is 24.7. The quantitative estimate of drug-likeness (QED) is 0.0785. The van der Waals surface area contributed by atoms with Crippen LogP contribution in [0.2, 0.25) is 0 Å². The minimum Gasteiger partial charge on any atom is -0.391 e. The van der Waals surface area contributed by atoms with E-state index in [9.17, 15) is 33.9 Å². The first-order valence-corrected chi connectivity index (χ1v) is 25.5. The van der Waals surface area contributed by atoms with Crippen LogP contribution >= 0.6 is 11.3 Å². The predicted octanol–water partition coefficient (Wildman–Crippen LogP) is 5.62. The highest BCUT2D eigenvalue weighted by Gasteiger charge is 2.44. The van der Waals surface area contributed by atoms with Crippen molar-refractivity contribution in [1.29, 1.82) is 0 Å².